The normalized spacial score (nSPS) is 18.5. The molecule has 1 aromatic heterocycles. The Morgan fingerprint density at radius 3 is 2.43 bits per heavy atom. The number of aromatic nitrogens is 1. The van der Waals surface area contributed by atoms with E-state index in [4.69, 9.17) is 0 Å². The van der Waals surface area contributed by atoms with Crippen LogP contribution in [0.5, 0.6) is 0 Å². The minimum absolute atomic E-state index is 0.477. The Morgan fingerprint density at radius 2 is 1.95 bits per heavy atom. The van der Waals surface area contributed by atoms with Crippen LogP contribution in [0.4, 0.5) is 0 Å². The van der Waals surface area contributed by atoms with Gasteiger partial charge in [0.15, 0.2) is 0 Å². The molecule has 0 atom stereocenters. The van der Waals surface area contributed by atoms with Gasteiger partial charge in [-0.3, -0.25) is 4.90 Å². The summed E-state index contributed by atoms with van der Waals surface area (Å²) >= 11 is 1.78. The van der Waals surface area contributed by atoms with Crippen molar-refractivity contribution in [2.24, 2.45) is 5.92 Å². The number of rotatable bonds is 5. The molecular weight excluding hydrogens is 306 g/mol. The lowest BCUT2D eigenvalue weighted by Gasteiger charge is -2.33. The second kappa shape index (κ2) is 6.73. The number of likely N-dealkylation sites (tertiary alicyclic amines) is 1. The van der Waals surface area contributed by atoms with Crippen LogP contribution >= 0.6 is 11.3 Å². The summed E-state index contributed by atoms with van der Waals surface area (Å²) in [4.78, 5) is 8.29. The Balaban J connectivity index is 1.82. The van der Waals surface area contributed by atoms with E-state index in [1.54, 1.807) is 18.4 Å². The number of hydrogen-bond donors (Lipinski definition) is 0. The van der Waals surface area contributed by atoms with E-state index in [1.165, 1.54) is 15.4 Å². The van der Waals surface area contributed by atoms with Crippen molar-refractivity contribution >= 4 is 21.4 Å². The van der Waals surface area contributed by atoms with Gasteiger partial charge in [-0.1, -0.05) is 0 Å². The molecule has 0 aliphatic carbocycles. The van der Waals surface area contributed by atoms with E-state index < -0.39 is 10.0 Å². The molecule has 1 fully saturated rings. The zero-order chi connectivity index (χ0) is 15.6. The molecule has 2 rings (SSSR count). The standard InChI is InChI=1S/C14H25N3O2S2/c1-11-14(20-12(2)15-11)10-17-7-5-13(6-8-17)9-16(3)21(4,18)19/h13H,5-10H2,1-4H3. The molecule has 0 aromatic carbocycles. The fraction of sp³-hybridized carbons (Fsp3) is 0.786. The lowest BCUT2D eigenvalue weighted by atomic mass is 9.97. The highest BCUT2D eigenvalue weighted by molar-refractivity contribution is 7.88. The summed E-state index contributed by atoms with van der Waals surface area (Å²) in [6.07, 6.45) is 3.41. The zero-order valence-electron chi connectivity index (χ0n) is 13.3. The van der Waals surface area contributed by atoms with Gasteiger partial charge in [0.1, 0.15) is 0 Å². The van der Waals surface area contributed by atoms with Crippen molar-refractivity contribution in [3.8, 4) is 0 Å². The van der Waals surface area contributed by atoms with Crippen molar-refractivity contribution in [3.63, 3.8) is 0 Å². The summed E-state index contributed by atoms with van der Waals surface area (Å²) in [6.45, 7) is 7.83. The van der Waals surface area contributed by atoms with E-state index >= 15 is 0 Å². The van der Waals surface area contributed by atoms with Crippen LogP contribution in [0.1, 0.15) is 28.4 Å². The first-order valence-electron chi connectivity index (χ1n) is 7.32. The number of sulfonamides is 1. The van der Waals surface area contributed by atoms with Crippen LogP contribution < -0.4 is 0 Å². The number of aryl methyl sites for hydroxylation is 2. The molecule has 1 aliphatic heterocycles. The molecule has 0 spiro atoms. The molecule has 0 N–H and O–H groups in total. The average molecular weight is 332 g/mol. The molecule has 1 saturated heterocycles. The van der Waals surface area contributed by atoms with Crippen LogP contribution in [0.15, 0.2) is 0 Å². The summed E-state index contributed by atoms with van der Waals surface area (Å²) in [6, 6.07) is 0. The molecule has 5 nitrogen and oxygen atoms in total. The monoisotopic (exact) mass is 331 g/mol. The van der Waals surface area contributed by atoms with Gasteiger partial charge in [0.05, 0.1) is 17.0 Å². The number of nitrogens with zero attached hydrogens (tertiary/aromatic N) is 3. The number of piperidine rings is 1. The maximum Gasteiger partial charge on any atom is 0.210 e. The van der Waals surface area contributed by atoms with Crippen LogP contribution in [0, 0.1) is 19.8 Å². The van der Waals surface area contributed by atoms with Crippen molar-refractivity contribution in [1.29, 1.82) is 0 Å². The Hall–Kier alpha value is -0.500. The summed E-state index contributed by atoms with van der Waals surface area (Å²) in [5.74, 6) is 0.477. The maximum absolute atomic E-state index is 11.5. The second-order valence-electron chi connectivity index (χ2n) is 6.00. The minimum Gasteiger partial charge on any atom is -0.298 e. The predicted molar refractivity (Wildman–Crippen MR) is 87.1 cm³/mol. The van der Waals surface area contributed by atoms with E-state index in [2.05, 4.69) is 23.7 Å². The van der Waals surface area contributed by atoms with Crippen LogP contribution in [-0.2, 0) is 16.6 Å². The SMILES string of the molecule is Cc1nc(C)c(CN2CCC(CN(C)S(C)(=O)=O)CC2)s1. The van der Waals surface area contributed by atoms with E-state index in [0.29, 0.717) is 12.5 Å². The Kier molecular flexibility index (Phi) is 5.40. The maximum atomic E-state index is 11.5. The van der Waals surface area contributed by atoms with Gasteiger partial charge in [-0.25, -0.2) is 17.7 Å². The van der Waals surface area contributed by atoms with Gasteiger partial charge >= 0.3 is 0 Å². The largest absolute Gasteiger partial charge is 0.298 e. The fourth-order valence-electron chi connectivity index (χ4n) is 2.75. The number of hydrogen-bond acceptors (Lipinski definition) is 5. The van der Waals surface area contributed by atoms with Gasteiger partial charge in [-0.05, 0) is 45.7 Å². The van der Waals surface area contributed by atoms with Crippen molar-refractivity contribution in [3.05, 3.63) is 15.6 Å². The third-order valence-electron chi connectivity index (χ3n) is 4.16. The average Bonchev–Trinajstić information content (AvgIpc) is 2.69. The van der Waals surface area contributed by atoms with Gasteiger partial charge in [0, 0.05) is 25.0 Å². The van der Waals surface area contributed by atoms with Gasteiger partial charge in [0.25, 0.3) is 0 Å². The van der Waals surface area contributed by atoms with Crippen molar-refractivity contribution in [1.82, 2.24) is 14.2 Å². The van der Waals surface area contributed by atoms with Crippen molar-refractivity contribution in [2.75, 3.05) is 32.9 Å². The highest BCUT2D eigenvalue weighted by Crippen LogP contribution is 2.24. The third kappa shape index (κ3) is 4.74. The van der Waals surface area contributed by atoms with Crippen LogP contribution in [-0.4, -0.2) is 55.5 Å². The van der Waals surface area contributed by atoms with Crippen LogP contribution in [0.2, 0.25) is 0 Å². The van der Waals surface area contributed by atoms with Crippen molar-refractivity contribution < 1.29 is 8.42 Å². The smallest absolute Gasteiger partial charge is 0.210 e. The van der Waals surface area contributed by atoms with Crippen LogP contribution in [0.3, 0.4) is 0 Å². The molecule has 2 heterocycles. The van der Waals surface area contributed by atoms with Crippen LogP contribution in [0.25, 0.3) is 0 Å². The molecular formula is C14H25N3O2S2. The topological polar surface area (TPSA) is 53.5 Å². The fourth-order valence-corrected chi connectivity index (χ4v) is 4.21. The first kappa shape index (κ1) is 16.9. The minimum atomic E-state index is -3.05. The predicted octanol–water partition coefficient (Wildman–Crippen LogP) is 1.86. The molecule has 0 bridgehead atoms. The molecule has 7 heteroatoms. The molecule has 1 aromatic rings. The summed E-state index contributed by atoms with van der Waals surface area (Å²) in [5.41, 5.74) is 1.15. The zero-order valence-corrected chi connectivity index (χ0v) is 14.9. The summed E-state index contributed by atoms with van der Waals surface area (Å²) in [7, 11) is -1.38. The first-order valence-corrected chi connectivity index (χ1v) is 9.98. The van der Waals surface area contributed by atoms with Gasteiger partial charge in [0.2, 0.25) is 10.0 Å². The molecule has 120 valence electrons. The van der Waals surface area contributed by atoms with Gasteiger partial charge < -0.3 is 0 Å². The van der Waals surface area contributed by atoms with E-state index in [9.17, 15) is 8.42 Å². The van der Waals surface area contributed by atoms with E-state index in [-0.39, 0.29) is 0 Å². The van der Waals surface area contributed by atoms with E-state index in [0.717, 1.165) is 43.2 Å². The molecule has 21 heavy (non-hydrogen) atoms. The summed E-state index contributed by atoms with van der Waals surface area (Å²) in [5, 5.41) is 1.13. The molecule has 0 saturated carbocycles. The van der Waals surface area contributed by atoms with Gasteiger partial charge in [-0.15, -0.1) is 11.3 Å². The Bertz CT molecular complexity index is 575. The van der Waals surface area contributed by atoms with Crippen molar-refractivity contribution in [2.45, 2.75) is 33.2 Å². The molecule has 1 aliphatic rings. The third-order valence-corrected chi connectivity index (χ3v) is 6.49. The second-order valence-corrected chi connectivity index (χ2v) is 9.38. The lowest BCUT2D eigenvalue weighted by Crippen LogP contribution is -2.38. The molecule has 0 radical (unpaired) electrons. The summed E-state index contributed by atoms with van der Waals surface area (Å²) < 4.78 is 24.4. The molecule has 0 unspecified atom stereocenters. The highest BCUT2D eigenvalue weighted by atomic mass is 32.2. The number of thiazole rings is 1. The lowest BCUT2D eigenvalue weighted by molar-refractivity contribution is 0.167. The Morgan fingerprint density at radius 1 is 1.33 bits per heavy atom. The highest BCUT2D eigenvalue weighted by Gasteiger charge is 2.23. The quantitative estimate of drug-likeness (QED) is 0.826. The molecule has 0 amide bonds. The van der Waals surface area contributed by atoms with E-state index in [1.807, 2.05) is 0 Å². The van der Waals surface area contributed by atoms with Gasteiger partial charge in [-0.2, -0.15) is 0 Å². The first-order chi connectivity index (χ1) is 9.75. The Labute approximate surface area is 132 Å².